The summed E-state index contributed by atoms with van der Waals surface area (Å²) in [5.41, 5.74) is 2.19. The second-order valence-corrected chi connectivity index (χ2v) is 9.28. The van der Waals surface area contributed by atoms with E-state index in [1.165, 1.54) is 12.1 Å². The molecule has 0 saturated carbocycles. The van der Waals surface area contributed by atoms with Crippen molar-refractivity contribution in [3.05, 3.63) is 59.2 Å². The van der Waals surface area contributed by atoms with Crippen LogP contribution in [0.25, 0.3) is 5.57 Å². The highest BCUT2D eigenvalue weighted by molar-refractivity contribution is 6.05. The number of hydrogen-bond acceptors (Lipinski definition) is 4. The average Bonchev–Trinajstić information content (AvgIpc) is 3.15. The molecule has 10 heteroatoms. The lowest BCUT2D eigenvalue weighted by molar-refractivity contribution is -0.137. The summed E-state index contributed by atoms with van der Waals surface area (Å²) < 4.78 is 58.4. The van der Waals surface area contributed by atoms with Crippen LogP contribution in [-0.2, 0) is 22.2 Å². The first-order chi connectivity index (χ1) is 17.2. The van der Waals surface area contributed by atoms with Gasteiger partial charge in [0.05, 0.1) is 18.2 Å². The minimum absolute atomic E-state index is 0.101. The van der Waals surface area contributed by atoms with Crippen LogP contribution in [0.2, 0.25) is 0 Å². The molecule has 0 spiro atoms. The summed E-state index contributed by atoms with van der Waals surface area (Å²) in [5.74, 6) is -0.538. The molecule has 36 heavy (non-hydrogen) atoms. The van der Waals surface area contributed by atoms with Gasteiger partial charge in [-0.1, -0.05) is 12.1 Å². The van der Waals surface area contributed by atoms with E-state index in [9.17, 15) is 27.2 Å². The highest BCUT2D eigenvalue weighted by atomic mass is 19.4. The third kappa shape index (κ3) is 5.09. The Bertz CT molecular complexity index is 1230. The van der Waals surface area contributed by atoms with Crippen molar-refractivity contribution in [1.29, 1.82) is 0 Å². The first-order valence-corrected chi connectivity index (χ1v) is 11.9. The first-order valence-electron chi connectivity index (χ1n) is 11.9. The van der Waals surface area contributed by atoms with E-state index in [1.807, 2.05) is 11.0 Å². The lowest BCUT2D eigenvalue weighted by Gasteiger charge is -2.31. The van der Waals surface area contributed by atoms with Crippen LogP contribution in [0.4, 0.5) is 28.9 Å². The van der Waals surface area contributed by atoms with Crippen molar-refractivity contribution in [3.8, 4) is 5.75 Å². The predicted molar refractivity (Wildman–Crippen MR) is 126 cm³/mol. The maximum atomic E-state index is 13.6. The van der Waals surface area contributed by atoms with Gasteiger partial charge in [-0.15, -0.1) is 0 Å². The zero-order chi connectivity index (χ0) is 25.4. The summed E-state index contributed by atoms with van der Waals surface area (Å²) in [5, 5.41) is 5.62. The Morgan fingerprint density at radius 3 is 2.78 bits per heavy atom. The second-order valence-electron chi connectivity index (χ2n) is 9.28. The van der Waals surface area contributed by atoms with Gasteiger partial charge in [-0.3, -0.25) is 14.5 Å². The number of amides is 2. The van der Waals surface area contributed by atoms with Crippen molar-refractivity contribution in [1.82, 2.24) is 4.90 Å². The summed E-state index contributed by atoms with van der Waals surface area (Å²) >= 11 is 0. The molecule has 2 aromatic carbocycles. The van der Waals surface area contributed by atoms with E-state index in [0.29, 0.717) is 54.7 Å². The molecular weight excluding hydrogens is 478 g/mol. The van der Waals surface area contributed by atoms with E-state index >= 15 is 0 Å². The molecule has 3 aliphatic heterocycles. The number of nitrogens with zero attached hydrogens (tertiary/aromatic N) is 1. The molecule has 2 amide bonds. The number of ether oxygens (including phenoxy) is 1. The monoisotopic (exact) mass is 503 g/mol. The molecule has 2 atom stereocenters. The molecule has 0 aliphatic carbocycles. The molecule has 2 N–H and O–H groups in total. The van der Waals surface area contributed by atoms with Gasteiger partial charge in [0, 0.05) is 36.1 Å². The average molecular weight is 503 g/mol. The number of allylic oxidation sites excluding steroid dienone is 1. The fourth-order valence-electron chi connectivity index (χ4n) is 4.94. The lowest BCUT2D eigenvalue weighted by Crippen LogP contribution is -2.47. The molecule has 3 heterocycles. The van der Waals surface area contributed by atoms with Crippen LogP contribution in [0.3, 0.4) is 0 Å². The predicted octanol–water partition coefficient (Wildman–Crippen LogP) is 4.81. The van der Waals surface area contributed by atoms with Gasteiger partial charge in [-0.05, 0) is 61.1 Å². The quantitative estimate of drug-likeness (QED) is 0.466. The van der Waals surface area contributed by atoms with Crippen LogP contribution in [0.15, 0.2) is 42.5 Å². The van der Waals surface area contributed by atoms with Gasteiger partial charge in [0.2, 0.25) is 11.8 Å². The van der Waals surface area contributed by atoms with E-state index in [-0.39, 0.29) is 24.8 Å². The van der Waals surface area contributed by atoms with Gasteiger partial charge in [-0.25, -0.2) is 4.39 Å². The molecule has 1 saturated heterocycles. The number of fused-ring (bicyclic) bond motifs is 2. The standard InChI is InChI=1S/C26H25F4N3O3/c27-18-7-8-33(14-18)22-10-16-3-5-19(13-21(16)32-25(22)35)31-24(34)11-15-2-1-9-36-23-12-17(26(28,29)30)4-6-20(15)23/h3-6,11-13,18,22H,1-2,7-10,14H2,(H,31,34)(H,32,35)/b15-11+/t18-,22?/m1/s1. The number of alkyl halides is 4. The molecule has 0 aromatic heterocycles. The Morgan fingerprint density at radius 1 is 1.19 bits per heavy atom. The second kappa shape index (κ2) is 9.57. The number of carbonyl (C=O) groups excluding carboxylic acids is 2. The third-order valence-corrected chi connectivity index (χ3v) is 6.76. The zero-order valence-corrected chi connectivity index (χ0v) is 19.3. The van der Waals surface area contributed by atoms with E-state index in [1.54, 1.807) is 12.1 Å². The fraction of sp³-hybridized carbons (Fsp3) is 0.385. The van der Waals surface area contributed by atoms with E-state index < -0.39 is 29.9 Å². The van der Waals surface area contributed by atoms with Gasteiger partial charge in [0.15, 0.2) is 0 Å². The number of carbonyl (C=O) groups is 2. The van der Waals surface area contributed by atoms with Crippen LogP contribution in [0, 0.1) is 0 Å². The van der Waals surface area contributed by atoms with E-state index in [2.05, 4.69) is 10.6 Å². The van der Waals surface area contributed by atoms with Crippen molar-refractivity contribution in [2.24, 2.45) is 0 Å². The van der Waals surface area contributed by atoms with Crippen LogP contribution in [-0.4, -0.2) is 48.6 Å². The molecule has 1 unspecified atom stereocenters. The Kier molecular flexibility index (Phi) is 6.46. The Hall–Kier alpha value is -3.40. The van der Waals surface area contributed by atoms with Gasteiger partial charge < -0.3 is 15.4 Å². The van der Waals surface area contributed by atoms with Gasteiger partial charge in [-0.2, -0.15) is 13.2 Å². The number of halogens is 4. The topological polar surface area (TPSA) is 70.7 Å². The Labute approximate surface area is 205 Å². The summed E-state index contributed by atoms with van der Waals surface area (Å²) in [6, 6.07) is 8.07. The van der Waals surface area contributed by atoms with Gasteiger partial charge >= 0.3 is 6.18 Å². The molecule has 3 aliphatic rings. The van der Waals surface area contributed by atoms with Crippen molar-refractivity contribution in [2.45, 2.75) is 44.1 Å². The largest absolute Gasteiger partial charge is 0.493 e. The highest BCUT2D eigenvalue weighted by Gasteiger charge is 2.36. The minimum atomic E-state index is -4.49. The van der Waals surface area contributed by atoms with Crippen molar-refractivity contribution in [3.63, 3.8) is 0 Å². The van der Waals surface area contributed by atoms with Crippen molar-refractivity contribution >= 4 is 28.8 Å². The molecule has 6 nitrogen and oxygen atoms in total. The number of nitrogens with one attached hydrogen (secondary N) is 2. The van der Waals surface area contributed by atoms with Gasteiger partial charge in [0.25, 0.3) is 0 Å². The van der Waals surface area contributed by atoms with Gasteiger partial charge in [0.1, 0.15) is 11.9 Å². The molecule has 0 bridgehead atoms. The summed E-state index contributed by atoms with van der Waals surface area (Å²) in [6.45, 7) is 1.05. The Morgan fingerprint density at radius 2 is 2.03 bits per heavy atom. The maximum Gasteiger partial charge on any atom is 0.416 e. The normalized spacial score (nSPS) is 23.3. The Balaban J connectivity index is 1.31. The zero-order valence-electron chi connectivity index (χ0n) is 19.3. The van der Waals surface area contributed by atoms with Crippen molar-refractivity contribution in [2.75, 3.05) is 30.3 Å². The number of anilines is 2. The molecule has 190 valence electrons. The van der Waals surface area contributed by atoms with Crippen LogP contribution in [0.5, 0.6) is 5.75 Å². The number of rotatable bonds is 3. The maximum absolute atomic E-state index is 13.6. The summed E-state index contributed by atoms with van der Waals surface area (Å²) in [7, 11) is 0. The van der Waals surface area contributed by atoms with Crippen molar-refractivity contribution < 1.29 is 31.9 Å². The highest BCUT2D eigenvalue weighted by Crippen LogP contribution is 2.38. The molecule has 5 rings (SSSR count). The third-order valence-electron chi connectivity index (χ3n) is 6.76. The fourth-order valence-corrected chi connectivity index (χ4v) is 4.94. The SMILES string of the molecule is O=C(/C=C1\CCCOc2cc(C(F)(F)F)ccc21)Nc1ccc2c(c1)NC(=O)C(N1CC[C@@H](F)C1)C2. The van der Waals surface area contributed by atoms with Crippen LogP contribution >= 0.6 is 0 Å². The number of likely N-dealkylation sites (tertiary alicyclic amines) is 1. The summed E-state index contributed by atoms with van der Waals surface area (Å²) in [6.07, 6.45) is -2.11. The number of hydrogen-bond donors (Lipinski definition) is 2. The van der Waals surface area contributed by atoms with Crippen LogP contribution < -0.4 is 15.4 Å². The van der Waals surface area contributed by atoms with E-state index in [4.69, 9.17) is 4.74 Å². The molecule has 0 radical (unpaired) electrons. The molecule has 2 aromatic rings. The molecular formula is C26H25F4N3O3. The first kappa shape index (κ1) is 24.3. The smallest absolute Gasteiger partial charge is 0.416 e. The number of benzene rings is 2. The van der Waals surface area contributed by atoms with E-state index in [0.717, 1.165) is 17.7 Å². The lowest BCUT2D eigenvalue weighted by atomic mass is 9.97. The minimum Gasteiger partial charge on any atom is -0.493 e. The van der Waals surface area contributed by atoms with Crippen LogP contribution in [0.1, 0.15) is 36.0 Å². The summed E-state index contributed by atoms with van der Waals surface area (Å²) in [4.78, 5) is 27.3. The molecule has 1 fully saturated rings.